The molecule has 124 valence electrons. The van der Waals surface area contributed by atoms with E-state index in [1.165, 1.54) is 26.2 Å². The van der Waals surface area contributed by atoms with E-state index in [0.717, 1.165) is 18.5 Å². The van der Waals surface area contributed by atoms with Crippen molar-refractivity contribution >= 4 is 17.6 Å². The molecule has 0 radical (unpaired) electrons. The Morgan fingerprint density at radius 3 is 2.27 bits per heavy atom. The maximum atomic E-state index is 12.7. The van der Waals surface area contributed by atoms with E-state index < -0.39 is 35.4 Å². The number of carbonyl (C=O) groups excluding carboxylic acids is 1. The van der Waals surface area contributed by atoms with Crippen molar-refractivity contribution in [2.75, 3.05) is 5.32 Å². The largest absolute Gasteiger partial charge is 0.479 e. The predicted molar refractivity (Wildman–Crippen MR) is 72.3 cm³/mol. The fourth-order valence-electron chi connectivity index (χ4n) is 1.50. The van der Waals surface area contributed by atoms with Crippen LogP contribution in [0.5, 0.6) is 0 Å². The van der Waals surface area contributed by atoms with Crippen LogP contribution in [0.1, 0.15) is 34.1 Å². The van der Waals surface area contributed by atoms with Gasteiger partial charge in [0.1, 0.15) is 0 Å². The maximum absolute atomic E-state index is 12.7. The van der Waals surface area contributed by atoms with Gasteiger partial charge < -0.3 is 10.4 Å². The van der Waals surface area contributed by atoms with Gasteiger partial charge in [-0.2, -0.15) is 18.3 Å². The second-order valence-corrected chi connectivity index (χ2v) is 6.14. The highest BCUT2D eigenvalue weighted by molar-refractivity contribution is 5.91. The van der Waals surface area contributed by atoms with Crippen molar-refractivity contribution in [3.8, 4) is 0 Å². The molecule has 0 spiro atoms. The lowest BCUT2D eigenvalue weighted by Gasteiger charge is -2.26. The third-order valence-electron chi connectivity index (χ3n) is 3.33. The molecule has 1 heterocycles. The number of alkyl halides is 3. The Morgan fingerprint density at radius 1 is 1.27 bits per heavy atom. The number of halogens is 3. The minimum Gasteiger partial charge on any atom is -0.479 e. The molecule has 0 aliphatic rings. The molecule has 1 aromatic heterocycles. The molecule has 0 aromatic carbocycles. The molecule has 0 bridgehead atoms. The van der Waals surface area contributed by atoms with Crippen molar-refractivity contribution in [3.63, 3.8) is 0 Å². The summed E-state index contributed by atoms with van der Waals surface area (Å²) in [6.07, 6.45) is -2.81. The number of carboxylic acid groups (broad SMARTS) is 1. The SMILES string of the molecule is CC(C)(C(=O)O)n1cc(NC(=O)CC(C)(C)C(F)(F)F)cn1. The molecular formula is C13H18F3N3O3. The van der Waals surface area contributed by atoms with E-state index >= 15 is 0 Å². The lowest BCUT2D eigenvalue weighted by Crippen LogP contribution is -2.36. The molecular weight excluding hydrogens is 303 g/mol. The van der Waals surface area contributed by atoms with E-state index in [9.17, 15) is 22.8 Å². The smallest absolute Gasteiger partial charge is 0.394 e. The second kappa shape index (κ2) is 5.62. The summed E-state index contributed by atoms with van der Waals surface area (Å²) in [5, 5.41) is 15.1. The number of carboxylic acids is 1. The fraction of sp³-hybridized carbons (Fsp3) is 0.615. The van der Waals surface area contributed by atoms with Gasteiger partial charge in [0, 0.05) is 12.6 Å². The molecule has 0 atom stereocenters. The summed E-state index contributed by atoms with van der Waals surface area (Å²) in [5.74, 6) is -1.96. The third-order valence-corrected chi connectivity index (χ3v) is 3.33. The minimum atomic E-state index is -4.50. The first-order valence-corrected chi connectivity index (χ1v) is 6.42. The van der Waals surface area contributed by atoms with Crippen LogP contribution in [0.3, 0.4) is 0 Å². The number of nitrogens with zero attached hydrogens (tertiary/aromatic N) is 2. The third kappa shape index (κ3) is 3.77. The highest BCUT2D eigenvalue weighted by Crippen LogP contribution is 2.40. The summed E-state index contributed by atoms with van der Waals surface area (Å²) < 4.78 is 39.3. The molecule has 0 saturated carbocycles. The number of aromatic nitrogens is 2. The van der Waals surface area contributed by atoms with E-state index in [2.05, 4.69) is 10.4 Å². The standard InChI is InChI=1S/C13H18F3N3O3/c1-11(2,13(14,15)16)5-9(20)18-8-6-17-19(7-8)12(3,4)10(21)22/h6-7H,5H2,1-4H3,(H,18,20)(H,21,22). The van der Waals surface area contributed by atoms with Crippen molar-refractivity contribution in [1.29, 1.82) is 0 Å². The summed E-state index contributed by atoms with van der Waals surface area (Å²) in [4.78, 5) is 22.8. The fourth-order valence-corrected chi connectivity index (χ4v) is 1.50. The van der Waals surface area contributed by atoms with Gasteiger partial charge in [-0.25, -0.2) is 4.79 Å². The van der Waals surface area contributed by atoms with Gasteiger partial charge in [-0.3, -0.25) is 9.48 Å². The topological polar surface area (TPSA) is 84.2 Å². The van der Waals surface area contributed by atoms with E-state index in [0.29, 0.717) is 0 Å². The maximum Gasteiger partial charge on any atom is 0.394 e. The molecule has 0 unspecified atom stereocenters. The summed E-state index contributed by atoms with van der Waals surface area (Å²) in [7, 11) is 0. The average molecular weight is 321 g/mol. The lowest BCUT2D eigenvalue weighted by molar-refractivity contribution is -0.213. The average Bonchev–Trinajstić information content (AvgIpc) is 2.75. The van der Waals surface area contributed by atoms with Gasteiger partial charge in [0.25, 0.3) is 0 Å². The predicted octanol–water partition coefficient (Wildman–Crippen LogP) is 2.62. The van der Waals surface area contributed by atoms with E-state index in [1.807, 2.05) is 0 Å². The molecule has 1 amide bonds. The number of hydrogen-bond donors (Lipinski definition) is 2. The number of anilines is 1. The normalized spacial score (nSPS) is 13.0. The molecule has 2 N–H and O–H groups in total. The van der Waals surface area contributed by atoms with E-state index in [1.54, 1.807) is 0 Å². The van der Waals surface area contributed by atoms with Crippen molar-refractivity contribution in [2.45, 2.75) is 45.8 Å². The first kappa shape index (κ1) is 18.0. The summed E-state index contributed by atoms with van der Waals surface area (Å²) in [6, 6.07) is 0. The molecule has 6 nitrogen and oxygen atoms in total. The summed E-state index contributed by atoms with van der Waals surface area (Å²) in [5.41, 5.74) is -3.36. The van der Waals surface area contributed by atoms with Gasteiger partial charge >= 0.3 is 12.1 Å². The zero-order chi connectivity index (χ0) is 17.3. The van der Waals surface area contributed by atoms with Crippen molar-refractivity contribution in [3.05, 3.63) is 12.4 Å². The Labute approximate surface area is 125 Å². The second-order valence-electron chi connectivity index (χ2n) is 6.14. The van der Waals surface area contributed by atoms with E-state index in [-0.39, 0.29) is 5.69 Å². The highest BCUT2D eigenvalue weighted by atomic mass is 19.4. The number of hydrogen-bond acceptors (Lipinski definition) is 3. The van der Waals surface area contributed by atoms with Crippen LogP contribution >= 0.6 is 0 Å². The summed E-state index contributed by atoms with van der Waals surface area (Å²) >= 11 is 0. The first-order valence-electron chi connectivity index (χ1n) is 6.42. The van der Waals surface area contributed by atoms with Crippen LogP contribution in [0, 0.1) is 5.41 Å². The first-order chi connectivity index (χ1) is 9.77. The van der Waals surface area contributed by atoms with Gasteiger partial charge in [0.15, 0.2) is 5.54 Å². The molecule has 9 heteroatoms. The molecule has 1 aromatic rings. The van der Waals surface area contributed by atoms with Crippen LogP contribution in [-0.4, -0.2) is 32.9 Å². The zero-order valence-corrected chi connectivity index (χ0v) is 12.7. The molecule has 1 rings (SSSR count). The minimum absolute atomic E-state index is 0.136. The quantitative estimate of drug-likeness (QED) is 0.873. The molecule has 0 aliphatic heterocycles. The summed E-state index contributed by atoms with van der Waals surface area (Å²) in [6.45, 7) is 4.68. The molecule has 0 aliphatic carbocycles. The van der Waals surface area contributed by atoms with Crippen LogP contribution in [-0.2, 0) is 15.1 Å². The molecule has 22 heavy (non-hydrogen) atoms. The van der Waals surface area contributed by atoms with Crippen LogP contribution in [0.25, 0.3) is 0 Å². The van der Waals surface area contributed by atoms with Gasteiger partial charge in [0.05, 0.1) is 17.3 Å². The molecule has 0 saturated heterocycles. The van der Waals surface area contributed by atoms with Crippen LogP contribution in [0.15, 0.2) is 12.4 Å². The van der Waals surface area contributed by atoms with Gasteiger partial charge in [0.2, 0.25) is 5.91 Å². The lowest BCUT2D eigenvalue weighted by atomic mass is 9.88. The Morgan fingerprint density at radius 2 is 1.82 bits per heavy atom. The molecule has 0 fully saturated rings. The Balaban J connectivity index is 2.80. The number of rotatable bonds is 5. The van der Waals surface area contributed by atoms with Crippen LogP contribution in [0.4, 0.5) is 18.9 Å². The van der Waals surface area contributed by atoms with Crippen LogP contribution in [0.2, 0.25) is 0 Å². The Kier molecular flexibility index (Phi) is 4.59. The number of nitrogens with one attached hydrogen (secondary N) is 1. The zero-order valence-electron chi connectivity index (χ0n) is 12.7. The highest BCUT2D eigenvalue weighted by Gasteiger charge is 2.48. The number of amides is 1. The van der Waals surface area contributed by atoms with Crippen molar-refractivity contribution in [2.24, 2.45) is 5.41 Å². The monoisotopic (exact) mass is 321 g/mol. The van der Waals surface area contributed by atoms with Crippen molar-refractivity contribution in [1.82, 2.24) is 9.78 Å². The van der Waals surface area contributed by atoms with Gasteiger partial charge in [-0.05, 0) is 13.8 Å². The van der Waals surface area contributed by atoms with Gasteiger partial charge in [-0.1, -0.05) is 13.8 Å². The Hall–Kier alpha value is -2.06. The number of aliphatic carboxylic acids is 1. The van der Waals surface area contributed by atoms with Gasteiger partial charge in [-0.15, -0.1) is 0 Å². The van der Waals surface area contributed by atoms with E-state index in [4.69, 9.17) is 5.11 Å². The van der Waals surface area contributed by atoms with Crippen LogP contribution < -0.4 is 5.32 Å². The number of carbonyl (C=O) groups is 2. The van der Waals surface area contributed by atoms with Crippen molar-refractivity contribution < 1.29 is 27.9 Å². The Bertz CT molecular complexity index is 577.